The van der Waals surface area contributed by atoms with Crippen molar-refractivity contribution in [3.8, 4) is 5.75 Å². The summed E-state index contributed by atoms with van der Waals surface area (Å²) in [6.45, 7) is 6.26. The van der Waals surface area contributed by atoms with Crippen LogP contribution in [0.15, 0.2) is 24.3 Å². The summed E-state index contributed by atoms with van der Waals surface area (Å²) in [6, 6.07) is 9.16. The van der Waals surface area contributed by atoms with Gasteiger partial charge in [-0.1, -0.05) is 12.1 Å². The molecule has 21 heavy (non-hydrogen) atoms. The Labute approximate surface area is 127 Å². The molecule has 1 aromatic rings. The van der Waals surface area contributed by atoms with Crippen molar-refractivity contribution < 1.29 is 9.47 Å². The Morgan fingerprint density at radius 1 is 1.14 bits per heavy atom. The van der Waals surface area contributed by atoms with Crippen molar-refractivity contribution in [2.75, 3.05) is 46.5 Å². The minimum absolute atomic E-state index is 0.516. The Morgan fingerprint density at radius 3 is 2.43 bits per heavy atom. The van der Waals surface area contributed by atoms with Crippen LogP contribution in [0.5, 0.6) is 5.75 Å². The first-order valence-corrected chi connectivity index (χ1v) is 8.05. The number of benzene rings is 1. The Bertz CT molecular complexity index is 405. The van der Waals surface area contributed by atoms with Crippen LogP contribution in [-0.2, 0) is 4.74 Å². The molecule has 2 saturated heterocycles. The number of hydrogen-bond acceptors (Lipinski definition) is 4. The van der Waals surface area contributed by atoms with E-state index in [1.807, 2.05) is 0 Å². The van der Waals surface area contributed by atoms with E-state index in [-0.39, 0.29) is 0 Å². The lowest BCUT2D eigenvalue weighted by Gasteiger charge is -2.41. The van der Waals surface area contributed by atoms with E-state index in [0.717, 1.165) is 45.1 Å². The van der Waals surface area contributed by atoms with Crippen LogP contribution < -0.4 is 10.1 Å². The van der Waals surface area contributed by atoms with Crippen molar-refractivity contribution in [1.82, 2.24) is 10.2 Å². The maximum Gasteiger partial charge on any atom is 0.118 e. The molecule has 1 aromatic carbocycles. The van der Waals surface area contributed by atoms with Crippen LogP contribution in [0.3, 0.4) is 0 Å². The number of nitrogens with zero attached hydrogens (tertiary/aromatic N) is 1. The first kappa shape index (κ1) is 14.8. The highest BCUT2D eigenvalue weighted by Gasteiger charge is 2.31. The highest BCUT2D eigenvalue weighted by atomic mass is 16.5. The second-order valence-corrected chi connectivity index (χ2v) is 5.95. The summed E-state index contributed by atoms with van der Waals surface area (Å²) in [5.41, 5.74) is 1.42. The largest absolute Gasteiger partial charge is 0.497 e. The van der Waals surface area contributed by atoms with Gasteiger partial charge in [-0.25, -0.2) is 0 Å². The van der Waals surface area contributed by atoms with Gasteiger partial charge in [-0.05, 0) is 36.5 Å². The average Bonchev–Trinajstić information content (AvgIpc) is 2.58. The lowest BCUT2D eigenvalue weighted by Crippen LogP contribution is -2.47. The lowest BCUT2D eigenvalue weighted by molar-refractivity contribution is 0.0213. The Hall–Kier alpha value is -1.10. The van der Waals surface area contributed by atoms with Crippen molar-refractivity contribution in [1.29, 1.82) is 0 Å². The minimum Gasteiger partial charge on any atom is -0.497 e. The summed E-state index contributed by atoms with van der Waals surface area (Å²) < 4.78 is 10.9. The average molecular weight is 290 g/mol. The van der Waals surface area contributed by atoms with Gasteiger partial charge in [-0.2, -0.15) is 0 Å². The highest BCUT2D eigenvalue weighted by Crippen LogP contribution is 2.35. The zero-order valence-electron chi connectivity index (χ0n) is 12.9. The van der Waals surface area contributed by atoms with Gasteiger partial charge in [-0.15, -0.1) is 0 Å². The first-order valence-electron chi connectivity index (χ1n) is 8.05. The topological polar surface area (TPSA) is 33.7 Å². The number of ether oxygens (including phenoxy) is 2. The minimum atomic E-state index is 0.516. The summed E-state index contributed by atoms with van der Waals surface area (Å²) in [5, 5.41) is 3.46. The molecule has 1 atom stereocenters. The van der Waals surface area contributed by atoms with E-state index in [4.69, 9.17) is 9.47 Å². The van der Waals surface area contributed by atoms with E-state index in [1.54, 1.807) is 7.11 Å². The van der Waals surface area contributed by atoms with Gasteiger partial charge in [0.2, 0.25) is 0 Å². The third kappa shape index (κ3) is 3.57. The monoisotopic (exact) mass is 290 g/mol. The van der Waals surface area contributed by atoms with E-state index >= 15 is 0 Å². The van der Waals surface area contributed by atoms with Crippen molar-refractivity contribution >= 4 is 0 Å². The molecule has 0 bridgehead atoms. The standard InChI is InChI=1S/C17H26N2O2/c1-20-16-4-2-14(3-5-16)17(15-6-12-21-13-7-15)19-10-8-18-9-11-19/h2-5,15,17-18H,6-13H2,1H3/t17-/m0/s1. The molecule has 2 aliphatic heterocycles. The van der Waals surface area contributed by atoms with Gasteiger partial charge in [-0.3, -0.25) is 4.90 Å². The Kier molecular flexibility index (Phi) is 5.12. The third-order valence-corrected chi connectivity index (χ3v) is 4.71. The molecule has 4 nitrogen and oxygen atoms in total. The summed E-state index contributed by atoms with van der Waals surface area (Å²) in [6.07, 6.45) is 2.33. The number of nitrogens with one attached hydrogen (secondary N) is 1. The summed E-state index contributed by atoms with van der Waals surface area (Å²) in [7, 11) is 1.72. The Morgan fingerprint density at radius 2 is 1.81 bits per heavy atom. The van der Waals surface area contributed by atoms with Crippen LogP contribution in [0.4, 0.5) is 0 Å². The van der Waals surface area contributed by atoms with Crippen LogP contribution in [0.25, 0.3) is 0 Å². The van der Waals surface area contributed by atoms with Crippen molar-refractivity contribution in [2.45, 2.75) is 18.9 Å². The molecule has 0 amide bonds. The molecule has 116 valence electrons. The fourth-order valence-corrected chi connectivity index (χ4v) is 3.57. The second kappa shape index (κ2) is 7.25. The molecule has 0 aliphatic carbocycles. The van der Waals surface area contributed by atoms with Gasteiger partial charge < -0.3 is 14.8 Å². The van der Waals surface area contributed by atoms with Gasteiger partial charge in [0.05, 0.1) is 7.11 Å². The quantitative estimate of drug-likeness (QED) is 0.920. The normalized spacial score (nSPS) is 22.9. The van der Waals surface area contributed by atoms with Crippen molar-refractivity contribution in [2.24, 2.45) is 5.92 Å². The SMILES string of the molecule is COc1ccc([C@@H](C2CCOCC2)N2CCNCC2)cc1. The molecular weight excluding hydrogens is 264 g/mol. The van der Waals surface area contributed by atoms with Crippen LogP contribution in [0, 0.1) is 5.92 Å². The smallest absolute Gasteiger partial charge is 0.118 e. The van der Waals surface area contributed by atoms with E-state index < -0.39 is 0 Å². The van der Waals surface area contributed by atoms with Crippen LogP contribution in [0.1, 0.15) is 24.4 Å². The fraction of sp³-hybridized carbons (Fsp3) is 0.647. The van der Waals surface area contributed by atoms with Crippen LogP contribution in [0.2, 0.25) is 0 Å². The molecule has 2 heterocycles. The maximum absolute atomic E-state index is 5.56. The highest BCUT2D eigenvalue weighted by molar-refractivity contribution is 5.29. The second-order valence-electron chi connectivity index (χ2n) is 5.95. The maximum atomic E-state index is 5.56. The number of rotatable bonds is 4. The van der Waals surface area contributed by atoms with Crippen LogP contribution in [-0.4, -0.2) is 51.4 Å². The zero-order valence-corrected chi connectivity index (χ0v) is 12.9. The molecule has 2 aliphatic rings. The number of hydrogen-bond donors (Lipinski definition) is 1. The van der Waals surface area contributed by atoms with Gasteiger partial charge in [0.25, 0.3) is 0 Å². The number of methoxy groups -OCH3 is 1. The third-order valence-electron chi connectivity index (χ3n) is 4.71. The molecule has 0 radical (unpaired) electrons. The molecule has 2 fully saturated rings. The lowest BCUT2D eigenvalue weighted by atomic mass is 9.85. The van der Waals surface area contributed by atoms with Gasteiger partial charge in [0.1, 0.15) is 5.75 Å². The van der Waals surface area contributed by atoms with Gasteiger partial charge in [0, 0.05) is 45.4 Å². The summed E-state index contributed by atoms with van der Waals surface area (Å²) in [5.74, 6) is 1.63. The molecule has 4 heteroatoms. The predicted molar refractivity (Wildman–Crippen MR) is 83.7 cm³/mol. The predicted octanol–water partition coefficient (Wildman–Crippen LogP) is 2.07. The molecular formula is C17H26N2O2. The van der Waals surface area contributed by atoms with Gasteiger partial charge >= 0.3 is 0 Å². The molecule has 1 N–H and O–H groups in total. The van der Waals surface area contributed by atoms with Crippen molar-refractivity contribution in [3.63, 3.8) is 0 Å². The molecule has 0 unspecified atom stereocenters. The van der Waals surface area contributed by atoms with E-state index in [0.29, 0.717) is 12.0 Å². The van der Waals surface area contributed by atoms with Crippen molar-refractivity contribution in [3.05, 3.63) is 29.8 Å². The summed E-state index contributed by atoms with van der Waals surface area (Å²) >= 11 is 0. The van der Waals surface area contributed by atoms with E-state index in [9.17, 15) is 0 Å². The number of piperazine rings is 1. The zero-order chi connectivity index (χ0) is 14.5. The van der Waals surface area contributed by atoms with E-state index in [2.05, 4.69) is 34.5 Å². The Balaban J connectivity index is 1.82. The molecule has 3 rings (SSSR count). The first-order chi connectivity index (χ1) is 10.4. The molecule has 0 aromatic heterocycles. The van der Waals surface area contributed by atoms with E-state index in [1.165, 1.54) is 18.4 Å². The molecule has 0 spiro atoms. The van der Waals surface area contributed by atoms with Gasteiger partial charge in [0.15, 0.2) is 0 Å². The summed E-state index contributed by atoms with van der Waals surface area (Å²) in [4.78, 5) is 2.65. The fourth-order valence-electron chi connectivity index (χ4n) is 3.57. The van der Waals surface area contributed by atoms with Crippen LogP contribution >= 0.6 is 0 Å². The molecule has 0 saturated carbocycles.